The zero-order valence-electron chi connectivity index (χ0n) is 17.7. The number of benzene rings is 2. The summed E-state index contributed by atoms with van der Waals surface area (Å²) in [5.74, 6) is -1.08. The van der Waals surface area contributed by atoms with Gasteiger partial charge in [0.2, 0.25) is 5.91 Å². The minimum atomic E-state index is -0.994. The highest BCUT2D eigenvalue weighted by molar-refractivity contribution is 8.18. The van der Waals surface area contributed by atoms with Crippen LogP contribution in [0.4, 0.5) is 4.79 Å². The molecule has 3 amide bonds. The molecule has 0 radical (unpaired) electrons. The van der Waals surface area contributed by atoms with E-state index in [-0.39, 0.29) is 29.5 Å². The van der Waals surface area contributed by atoms with Crippen molar-refractivity contribution in [3.8, 4) is 5.75 Å². The normalized spacial score (nSPS) is 17.2. The molecule has 2 fully saturated rings. The lowest BCUT2D eigenvalue weighted by Crippen LogP contribution is -2.40. The van der Waals surface area contributed by atoms with E-state index in [4.69, 9.17) is 9.84 Å². The van der Waals surface area contributed by atoms with Gasteiger partial charge in [0.25, 0.3) is 11.1 Å². The van der Waals surface area contributed by atoms with Crippen LogP contribution in [0.15, 0.2) is 53.4 Å². The third-order valence-corrected chi connectivity index (χ3v) is 6.29. The Balaban J connectivity index is 1.36. The van der Waals surface area contributed by atoms with Crippen LogP contribution >= 0.6 is 11.8 Å². The molecule has 1 N–H and O–H groups in total. The van der Waals surface area contributed by atoms with Gasteiger partial charge in [0.1, 0.15) is 18.9 Å². The Hall–Kier alpha value is -3.59. The van der Waals surface area contributed by atoms with Crippen molar-refractivity contribution in [2.45, 2.75) is 19.4 Å². The quantitative estimate of drug-likeness (QED) is 0.622. The number of rotatable bonds is 7. The molecule has 2 heterocycles. The second-order valence-corrected chi connectivity index (χ2v) is 8.71. The van der Waals surface area contributed by atoms with E-state index in [2.05, 4.69) is 0 Å². The smallest absolute Gasteiger partial charge is 0.335 e. The van der Waals surface area contributed by atoms with E-state index in [0.717, 1.165) is 35.1 Å². The summed E-state index contributed by atoms with van der Waals surface area (Å²) in [4.78, 5) is 51.3. The number of aromatic carboxylic acids is 1. The lowest BCUT2D eigenvalue weighted by atomic mass is 10.1. The SMILES string of the molecule is O=C(O)c1cccc(COc2ccc(/C=C3/SC(=O)N(CC(=O)N4CCCC4)C3=O)cc2)c1. The molecule has 8 nitrogen and oxygen atoms in total. The Bertz CT molecular complexity index is 1120. The number of hydrogen-bond donors (Lipinski definition) is 1. The number of nitrogens with zero attached hydrogens (tertiary/aromatic N) is 2. The number of hydrogen-bond acceptors (Lipinski definition) is 6. The summed E-state index contributed by atoms with van der Waals surface area (Å²) in [6.07, 6.45) is 3.51. The Labute approximate surface area is 194 Å². The summed E-state index contributed by atoms with van der Waals surface area (Å²) in [6.45, 7) is 1.33. The third-order valence-electron chi connectivity index (χ3n) is 5.38. The fraction of sp³-hybridized carbons (Fsp3) is 0.250. The molecule has 2 saturated heterocycles. The van der Waals surface area contributed by atoms with Gasteiger partial charge in [-0.05, 0) is 66.1 Å². The fourth-order valence-corrected chi connectivity index (χ4v) is 4.45. The fourth-order valence-electron chi connectivity index (χ4n) is 3.61. The lowest BCUT2D eigenvalue weighted by molar-refractivity contribution is -0.135. The largest absolute Gasteiger partial charge is 0.489 e. The zero-order chi connectivity index (χ0) is 23.4. The van der Waals surface area contributed by atoms with Gasteiger partial charge >= 0.3 is 5.97 Å². The van der Waals surface area contributed by atoms with Crippen LogP contribution in [0.5, 0.6) is 5.75 Å². The van der Waals surface area contributed by atoms with E-state index in [1.165, 1.54) is 6.07 Å². The number of thioether (sulfide) groups is 1. The first-order valence-electron chi connectivity index (χ1n) is 10.5. The van der Waals surface area contributed by atoms with Crippen molar-refractivity contribution < 1.29 is 29.0 Å². The van der Waals surface area contributed by atoms with Crippen LogP contribution in [-0.4, -0.2) is 57.6 Å². The van der Waals surface area contributed by atoms with Crippen molar-refractivity contribution in [2.24, 2.45) is 0 Å². The molecule has 0 saturated carbocycles. The molecule has 170 valence electrons. The summed E-state index contributed by atoms with van der Waals surface area (Å²) < 4.78 is 5.71. The number of carboxylic acids is 1. The first-order valence-corrected chi connectivity index (χ1v) is 11.3. The number of imide groups is 1. The highest BCUT2D eigenvalue weighted by Gasteiger charge is 2.37. The van der Waals surface area contributed by atoms with Crippen LogP contribution in [0.25, 0.3) is 6.08 Å². The molecule has 2 aliphatic heterocycles. The number of ether oxygens (including phenoxy) is 1. The van der Waals surface area contributed by atoms with Crippen molar-refractivity contribution in [3.63, 3.8) is 0 Å². The highest BCUT2D eigenvalue weighted by atomic mass is 32.2. The van der Waals surface area contributed by atoms with Crippen molar-refractivity contribution in [1.29, 1.82) is 0 Å². The number of likely N-dealkylation sites (tertiary alicyclic amines) is 1. The molecule has 2 aromatic rings. The van der Waals surface area contributed by atoms with Gasteiger partial charge in [0.15, 0.2) is 0 Å². The van der Waals surface area contributed by atoms with Crippen molar-refractivity contribution in [3.05, 3.63) is 70.1 Å². The molecule has 2 aliphatic rings. The maximum atomic E-state index is 12.7. The molecule has 0 atom stereocenters. The van der Waals surface area contributed by atoms with E-state index in [1.807, 2.05) is 0 Å². The average Bonchev–Trinajstić information content (AvgIpc) is 3.44. The van der Waals surface area contributed by atoms with E-state index in [1.54, 1.807) is 53.4 Å². The van der Waals surface area contributed by atoms with Crippen molar-refractivity contribution >= 4 is 40.9 Å². The van der Waals surface area contributed by atoms with Crippen molar-refractivity contribution in [2.75, 3.05) is 19.6 Å². The van der Waals surface area contributed by atoms with Gasteiger partial charge in [-0.15, -0.1) is 0 Å². The van der Waals surface area contributed by atoms with Gasteiger partial charge in [0, 0.05) is 13.1 Å². The van der Waals surface area contributed by atoms with Crippen LogP contribution in [0.3, 0.4) is 0 Å². The Morgan fingerprint density at radius 1 is 1.06 bits per heavy atom. The number of amides is 3. The molecule has 4 rings (SSSR count). The first-order chi connectivity index (χ1) is 15.9. The summed E-state index contributed by atoms with van der Waals surface area (Å²) >= 11 is 0.825. The standard InChI is InChI=1S/C24H22N2O6S/c27-21(25-10-1-2-11-25)14-26-22(28)20(33-24(26)31)13-16-6-8-19(9-7-16)32-15-17-4-3-5-18(12-17)23(29)30/h3-9,12-13H,1-2,10-11,14-15H2,(H,29,30)/b20-13+. The highest BCUT2D eigenvalue weighted by Crippen LogP contribution is 2.32. The Kier molecular flexibility index (Phi) is 6.79. The van der Waals surface area contributed by atoms with Crippen LogP contribution in [-0.2, 0) is 16.2 Å². The molecular weight excluding hydrogens is 444 g/mol. The molecule has 9 heteroatoms. The van der Waals surface area contributed by atoms with Gasteiger partial charge in [0.05, 0.1) is 10.5 Å². The maximum Gasteiger partial charge on any atom is 0.335 e. The van der Waals surface area contributed by atoms with E-state index >= 15 is 0 Å². The van der Waals surface area contributed by atoms with Gasteiger partial charge in [-0.25, -0.2) is 4.79 Å². The zero-order valence-corrected chi connectivity index (χ0v) is 18.5. The van der Waals surface area contributed by atoms with Crippen molar-refractivity contribution in [1.82, 2.24) is 9.80 Å². The molecular formula is C24H22N2O6S. The van der Waals surface area contributed by atoms with Crippen LogP contribution in [0.1, 0.15) is 34.3 Å². The predicted molar refractivity (Wildman–Crippen MR) is 123 cm³/mol. The Morgan fingerprint density at radius 3 is 2.48 bits per heavy atom. The summed E-state index contributed by atoms with van der Waals surface area (Å²) in [5.41, 5.74) is 1.64. The number of carbonyl (C=O) groups is 4. The summed E-state index contributed by atoms with van der Waals surface area (Å²) in [6, 6.07) is 13.5. The van der Waals surface area contributed by atoms with Gasteiger partial charge in [-0.3, -0.25) is 19.3 Å². The molecule has 0 unspecified atom stereocenters. The minimum absolute atomic E-state index is 0.197. The minimum Gasteiger partial charge on any atom is -0.489 e. The van der Waals surface area contributed by atoms with E-state index in [0.29, 0.717) is 24.4 Å². The summed E-state index contributed by atoms with van der Waals surface area (Å²) in [5, 5.41) is 8.63. The van der Waals surface area contributed by atoms with E-state index in [9.17, 15) is 19.2 Å². The lowest BCUT2D eigenvalue weighted by Gasteiger charge is -2.18. The van der Waals surface area contributed by atoms with Gasteiger partial charge in [-0.2, -0.15) is 0 Å². The third kappa shape index (κ3) is 5.43. The van der Waals surface area contributed by atoms with E-state index < -0.39 is 17.1 Å². The maximum absolute atomic E-state index is 12.7. The Morgan fingerprint density at radius 2 is 1.79 bits per heavy atom. The second kappa shape index (κ2) is 9.91. The summed E-state index contributed by atoms with van der Waals surface area (Å²) in [7, 11) is 0. The number of carboxylic acid groups (broad SMARTS) is 1. The molecule has 0 aliphatic carbocycles. The molecule has 0 aromatic heterocycles. The van der Waals surface area contributed by atoms with Gasteiger partial charge < -0.3 is 14.7 Å². The van der Waals surface area contributed by atoms with Crippen LogP contribution in [0, 0.1) is 0 Å². The average molecular weight is 467 g/mol. The first kappa shape index (κ1) is 22.6. The second-order valence-electron chi connectivity index (χ2n) is 7.72. The van der Waals surface area contributed by atoms with Crippen LogP contribution < -0.4 is 4.74 Å². The monoisotopic (exact) mass is 466 g/mol. The molecule has 33 heavy (non-hydrogen) atoms. The molecule has 0 spiro atoms. The molecule has 0 bridgehead atoms. The predicted octanol–water partition coefficient (Wildman–Crippen LogP) is 3.62. The van der Waals surface area contributed by atoms with Crippen LogP contribution in [0.2, 0.25) is 0 Å². The van der Waals surface area contributed by atoms with Gasteiger partial charge in [-0.1, -0.05) is 24.3 Å². The number of carbonyl (C=O) groups excluding carboxylic acids is 3. The molecule has 2 aromatic carbocycles. The topological polar surface area (TPSA) is 104 Å².